The summed E-state index contributed by atoms with van der Waals surface area (Å²) in [5, 5.41) is 6.86. The van der Waals surface area contributed by atoms with Crippen LogP contribution >= 0.6 is 11.6 Å². The Morgan fingerprint density at radius 3 is 2.84 bits per heavy atom. The van der Waals surface area contributed by atoms with Crippen LogP contribution in [-0.2, 0) is 4.79 Å². The van der Waals surface area contributed by atoms with E-state index in [1.807, 2.05) is 19.1 Å². The van der Waals surface area contributed by atoms with Crippen molar-refractivity contribution in [2.45, 2.75) is 25.8 Å². The van der Waals surface area contributed by atoms with E-state index in [2.05, 4.69) is 15.5 Å². The molecule has 19 heavy (non-hydrogen) atoms. The fourth-order valence-electron chi connectivity index (χ4n) is 2.88. The van der Waals surface area contributed by atoms with Crippen LogP contribution in [0.3, 0.4) is 0 Å². The Labute approximate surface area is 118 Å². The first-order valence-corrected chi connectivity index (χ1v) is 7.21. The summed E-state index contributed by atoms with van der Waals surface area (Å²) in [6.07, 6.45) is 2.42. The molecule has 0 bridgehead atoms. The third kappa shape index (κ3) is 2.19. The van der Waals surface area contributed by atoms with Gasteiger partial charge in [0.1, 0.15) is 6.04 Å². The highest BCUT2D eigenvalue weighted by molar-refractivity contribution is 6.33. The van der Waals surface area contributed by atoms with Crippen molar-refractivity contribution in [2.24, 2.45) is 0 Å². The van der Waals surface area contributed by atoms with Crippen molar-refractivity contribution in [3.8, 4) is 0 Å². The Hall–Kier alpha value is -1.26. The van der Waals surface area contributed by atoms with Crippen LogP contribution in [0, 0.1) is 0 Å². The van der Waals surface area contributed by atoms with Gasteiger partial charge in [0.05, 0.1) is 10.7 Å². The van der Waals surface area contributed by atoms with Gasteiger partial charge < -0.3 is 15.5 Å². The lowest BCUT2D eigenvalue weighted by Gasteiger charge is -2.20. The largest absolute Gasteiger partial charge is 0.370 e. The molecular formula is C14H18ClN3O. The van der Waals surface area contributed by atoms with E-state index in [4.69, 9.17) is 11.6 Å². The monoisotopic (exact) mass is 279 g/mol. The molecule has 0 spiro atoms. The molecule has 102 valence electrons. The summed E-state index contributed by atoms with van der Waals surface area (Å²) in [5.41, 5.74) is 2.89. The van der Waals surface area contributed by atoms with Gasteiger partial charge in [-0.3, -0.25) is 4.79 Å². The second-order valence-electron chi connectivity index (χ2n) is 5.06. The molecule has 4 nitrogen and oxygen atoms in total. The zero-order valence-corrected chi connectivity index (χ0v) is 11.8. The molecule has 2 N–H and O–H groups in total. The lowest BCUT2D eigenvalue weighted by molar-refractivity contribution is -0.117. The minimum atomic E-state index is -0.273. The number of carbonyl (C=O) groups is 1. The predicted octanol–water partition coefficient (Wildman–Crippen LogP) is 2.54. The van der Waals surface area contributed by atoms with Crippen LogP contribution in [0.5, 0.6) is 0 Å². The molecule has 1 amide bonds. The number of rotatable bonds is 3. The number of amides is 1. The number of nitrogens with one attached hydrogen (secondary N) is 2. The lowest BCUT2D eigenvalue weighted by atomic mass is 10.1. The van der Waals surface area contributed by atoms with Gasteiger partial charge in [-0.05, 0) is 31.5 Å². The van der Waals surface area contributed by atoms with Crippen molar-refractivity contribution in [2.75, 3.05) is 29.9 Å². The fourth-order valence-corrected chi connectivity index (χ4v) is 3.17. The lowest BCUT2D eigenvalue weighted by Crippen LogP contribution is -2.27. The summed E-state index contributed by atoms with van der Waals surface area (Å²) in [6.45, 7) is 4.83. The summed E-state index contributed by atoms with van der Waals surface area (Å²) in [7, 11) is 0. The van der Waals surface area contributed by atoms with Crippen LogP contribution in [0.15, 0.2) is 12.1 Å². The molecule has 1 atom stereocenters. The quantitative estimate of drug-likeness (QED) is 0.894. The van der Waals surface area contributed by atoms with E-state index in [1.165, 1.54) is 12.8 Å². The topological polar surface area (TPSA) is 44.4 Å². The van der Waals surface area contributed by atoms with Gasteiger partial charge in [0.2, 0.25) is 5.91 Å². The molecule has 2 heterocycles. The molecular weight excluding hydrogens is 262 g/mol. The highest BCUT2D eigenvalue weighted by Gasteiger charge is 2.31. The van der Waals surface area contributed by atoms with Crippen LogP contribution in [-0.4, -0.2) is 25.5 Å². The molecule has 0 saturated carbocycles. The molecule has 1 unspecified atom stereocenters. The molecule has 0 radical (unpaired) electrons. The van der Waals surface area contributed by atoms with Crippen molar-refractivity contribution >= 4 is 28.9 Å². The van der Waals surface area contributed by atoms with Crippen molar-refractivity contribution in [1.29, 1.82) is 0 Å². The smallest absolute Gasteiger partial charge is 0.246 e. The number of fused-ring (bicyclic) bond motifs is 1. The molecule has 1 aromatic rings. The highest BCUT2D eigenvalue weighted by Crippen LogP contribution is 2.39. The molecule has 3 rings (SSSR count). The second kappa shape index (κ2) is 5.02. The molecule has 5 heteroatoms. The molecule has 2 aliphatic rings. The highest BCUT2D eigenvalue weighted by atomic mass is 35.5. The van der Waals surface area contributed by atoms with E-state index in [0.29, 0.717) is 0 Å². The van der Waals surface area contributed by atoms with Crippen molar-refractivity contribution in [3.05, 3.63) is 22.7 Å². The minimum absolute atomic E-state index is 0.00601. The Bertz CT molecular complexity index is 512. The molecule has 2 aliphatic heterocycles. The van der Waals surface area contributed by atoms with Gasteiger partial charge in [0.25, 0.3) is 0 Å². The van der Waals surface area contributed by atoms with Crippen molar-refractivity contribution in [3.63, 3.8) is 0 Å². The Morgan fingerprint density at radius 1 is 1.42 bits per heavy atom. The van der Waals surface area contributed by atoms with Crippen LogP contribution in [0.25, 0.3) is 0 Å². The molecule has 1 aromatic carbocycles. The molecule has 0 aromatic heterocycles. The number of nitrogens with zero attached hydrogens (tertiary/aromatic N) is 1. The molecule has 1 fully saturated rings. The SMILES string of the molecule is CCNC1C(=O)Nc2cc(N3CCCC3)c(Cl)cc21. The number of halogens is 1. The third-order valence-corrected chi connectivity index (χ3v) is 4.11. The van der Waals surface area contributed by atoms with E-state index in [-0.39, 0.29) is 11.9 Å². The van der Waals surface area contributed by atoms with E-state index >= 15 is 0 Å². The number of carbonyl (C=O) groups excluding carboxylic acids is 1. The number of hydrogen-bond acceptors (Lipinski definition) is 3. The Morgan fingerprint density at radius 2 is 2.16 bits per heavy atom. The Balaban J connectivity index is 1.96. The van der Waals surface area contributed by atoms with Gasteiger partial charge in [-0.2, -0.15) is 0 Å². The first-order chi connectivity index (χ1) is 9.20. The van der Waals surface area contributed by atoms with Crippen LogP contribution in [0.1, 0.15) is 31.4 Å². The second-order valence-corrected chi connectivity index (χ2v) is 5.47. The zero-order valence-electron chi connectivity index (χ0n) is 11.0. The number of anilines is 2. The van der Waals surface area contributed by atoms with Gasteiger partial charge in [-0.1, -0.05) is 18.5 Å². The van der Waals surface area contributed by atoms with E-state index < -0.39 is 0 Å². The number of benzene rings is 1. The van der Waals surface area contributed by atoms with Crippen LogP contribution < -0.4 is 15.5 Å². The normalized spacial score (nSPS) is 21.7. The van der Waals surface area contributed by atoms with E-state index in [1.54, 1.807) is 0 Å². The standard InChI is InChI=1S/C14H18ClN3O/c1-2-16-13-9-7-10(15)12(18-5-3-4-6-18)8-11(9)17-14(13)19/h7-8,13,16H,2-6H2,1H3,(H,17,19). The van der Waals surface area contributed by atoms with Gasteiger partial charge in [0, 0.05) is 24.3 Å². The molecule has 1 saturated heterocycles. The molecule has 0 aliphatic carbocycles. The van der Waals surface area contributed by atoms with E-state index in [0.717, 1.165) is 41.6 Å². The van der Waals surface area contributed by atoms with Crippen molar-refractivity contribution in [1.82, 2.24) is 5.32 Å². The number of likely N-dealkylation sites (N-methyl/N-ethyl adjacent to an activating group) is 1. The number of hydrogen-bond donors (Lipinski definition) is 2. The first kappa shape index (κ1) is 12.8. The maximum Gasteiger partial charge on any atom is 0.246 e. The van der Waals surface area contributed by atoms with E-state index in [9.17, 15) is 4.79 Å². The van der Waals surface area contributed by atoms with Gasteiger partial charge in [-0.25, -0.2) is 0 Å². The summed E-state index contributed by atoms with van der Waals surface area (Å²) in [4.78, 5) is 14.2. The summed E-state index contributed by atoms with van der Waals surface area (Å²) in [6, 6.07) is 3.67. The average Bonchev–Trinajstić information content (AvgIpc) is 2.99. The van der Waals surface area contributed by atoms with Gasteiger partial charge >= 0.3 is 0 Å². The van der Waals surface area contributed by atoms with Crippen molar-refractivity contribution < 1.29 is 4.79 Å². The maximum atomic E-state index is 11.9. The summed E-state index contributed by atoms with van der Waals surface area (Å²) < 4.78 is 0. The minimum Gasteiger partial charge on any atom is -0.370 e. The summed E-state index contributed by atoms with van der Waals surface area (Å²) in [5.74, 6) is 0.00601. The van der Waals surface area contributed by atoms with Crippen LogP contribution in [0.2, 0.25) is 5.02 Å². The predicted molar refractivity (Wildman–Crippen MR) is 77.9 cm³/mol. The zero-order chi connectivity index (χ0) is 13.4. The van der Waals surface area contributed by atoms with Gasteiger partial charge in [-0.15, -0.1) is 0 Å². The first-order valence-electron chi connectivity index (χ1n) is 6.83. The third-order valence-electron chi connectivity index (χ3n) is 3.81. The van der Waals surface area contributed by atoms with Crippen LogP contribution in [0.4, 0.5) is 11.4 Å². The Kier molecular flexibility index (Phi) is 3.37. The summed E-state index contributed by atoms with van der Waals surface area (Å²) >= 11 is 6.39. The fraction of sp³-hybridized carbons (Fsp3) is 0.500. The average molecular weight is 280 g/mol. The maximum absolute atomic E-state index is 11.9. The van der Waals surface area contributed by atoms with Gasteiger partial charge in [0.15, 0.2) is 0 Å².